The van der Waals surface area contributed by atoms with Crippen LogP contribution in [-0.2, 0) is 6.18 Å². The fraction of sp³-hybridized carbons (Fsp3) is 0.130. The quantitative estimate of drug-likeness (QED) is 0.161. The van der Waals surface area contributed by atoms with Crippen molar-refractivity contribution in [3.8, 4) is 11.4 Å². The van der Waals surface area contributed by atoms with Gasteiger partial charge in [0.25, 0.3) is 5.56 Å². The number of hydrogen-bond acceptors (Lipinski definition) is 4. The maximum Gasteiger partial charge on any atom is 0.416 e. The minimum Gasteiger partial charge on any atom is -0.491 e. The van der Waals surface area contributed by atoms with Gasteiger partial charge in [0.2, 0.25) is 0 Å². The first-order valence-electron chi connectivity index (χ1n) is 9.64. The van der Waals surface area contributed by atoms with Gasteiger partial charge in [-0.2, -0.15) is 13.2 Å². The zero-order chi connectivity index (χ0) is 23.6. The lowest BCUT2D eigenvalue weighted by molar-refractivity contribution is -0.137. The Balaban J connectivity index is 1.66. The number of rotatable bonds is 6. The first-order valence-corrected chi connectivity index (χ1v) is 11.4. The second-order valence-electron chi connectivity index (χ2n) is 6.87. The molecule has 0 aliphatic heterocycles. The topological polar surface area (TPSA) is 44.1 Å². The SMILES string of the molecule is O=c1c2ccccc2nc(SCCOc2ccc(Cl)cc2Cl)n1-c1cccc(C(F)(F)F)c1. The second-order valence-corrected chi connectivity index (χ2v) is 8.78. The standard InChI is InChI=1S/C23H15Cl2F3N2O2S/c24-15-8-9-20(18(25)13-15)32-10-11-33-22-29-19-7-2-1-6-17(19)21(31)30(22)16-5-3-4-14(12-16)23(26,27)28/h1-9,12-13H,10-11H2. The third kappa shape index (κ3) is 5.29. The van der Waals surface area contributed by atoms with Gasteiger partial charge < -0.3 is 4.74 Å². The van der Waals surface area contributed by atoms with Crippen molar-refractivity contribution in [1.82, 2.24) is 9.55 Å². The lowest BCUT2D eigenvalue weighted by Crippen LogP contribution is -2.22. The first-order chi connectivity index (χ1) is 15.7. The smallest absolute Gasteiger partial charge is 0.416 e. The molecule has 0 aliphatic rings. The van der Waals surface area contributed by atoms with Crippen LogP contribution in [-0.4, -0.2) is 21.9 Å². The molecule has 0 atom stereocenters. The van der Waals surface area contributed by atoms with Crippen LogP contribution in [0.15, 0.2) is 76.7 Å². The largest absolute Gasteiger partial charge is 0.491 e. The molecule has 10 heteroatoms. The molecule has 0 spiro atoms. The van der Waals surface area contributed by atoms with E-state index < -0.39 is 17.3 Å². The Morgan fingerprint density at radius 1 is 1.00 bits per heavy atom. The molecule has 33 heavy (non-hydrogen) atoms. The molecule has 0 aliphatic carbocycles. The Kier molecular flexibility index (Phi) is 6.88. The predicted molar refractivity (Wildman–Crippen MR) is 125 cm³/mol. The molecule has 4 aromatic rings. The molecule has 0 saturated carbocycles. The minimum absolute atomic E-state index is 0.0808. The number of alkyl halides is 3. The normalized spacial score (nSPS) is 11.7. The van der Waals surface area contributed by atoms with Gasteiger partial charge in [-0.05, 0) is 48.5 Å². The van der Waals surface area contributed by atoms with Gasteiger partial charge in [-0.3, -0.25) is 9.36 Å². The van der Waals surface area contributed by atoms with E-state index in [0.29, 0.717) is 32.5 Å². The van der Waals surface area contributed by atoms with Gasteiger partial charge in [0.1, 0.15) is 5.75 Å². The Labute approximate surface area is 200 Å². The number of benzene rings is 3. The molecule has 1 heterocycles. The zero-order valence-electron chi connectivity index (χ0n) is 16.8. The highest BCUT2D eigenvalue weighted by Crippen LogP contribution is 2.31. The van der Waals surface area contributed by atoms with E-state index in [4.69, 9.17) is 27.9 Å². The van der Waals surface area contributed by atoms with Crippen LogP contribution in [0.3, 0.4) is 0 Å². The molecule has 0 bridgehead atoms. The minimum atomic E-state index is -4.54. The number of thioether (sulfide) groups is 1. The number of halogens is 5. The van der Waals surface area contributed by atoms with Crippen LogP contribution in [0.5, 0.6) is 5.75 Å². The lowest BCUT2D eigenvalue weighted by atomic mass is 10.2. The Hall–Kier alpha value is -2.68. The molecule has 3 aromatic carbocycles. The molecular formula is C23H15Cl2F3N2O2S. The number of fused-ring (bicyclic) bond motifs is 1. The van der Waals surface area contributed by atoms with E-state index in [1.54, 1.807) is 42.5 Å². The summed E-state index contributed by atoms with van der Waals surface area (Å²) in [5.41, 5.74) is -0.770. The van der Waals surface area contributed by atoms with E-state index in [-0.39, 0.29) is 17.5 Å². The number of para-hydroxylation sites is 1. The summed E-state index contributed by atoms with van der Waals surface area (Å²) in [7, 11) is 0. The van der Waals surface area contributed by atoms with E-state index in [9.17, 15) is 18.0 Å². The molecule has 0 radical (unpaired) electrons. The van der Waals surface area contributed by atoms with Crippen LogP contribution in [0.4, 0.5) is 13.2 Å². The summed E-state index contributed by atoms with van der Waals surface area (Å²) < 4.78 is 46.6. The summed E-state index contributed by atoms with van der Waals surface area (Å²) in [6.07, 6.45) is -4.54. The maximum absolute atomic E-state index is 13.3. The highest BCUT2D eigenvalue weighted by Gasteiger charge is 2.31. The van der Waals surface area contributed by atoms with Crippen molar-refractivity contribution in [1.29, 1.82) is 0 Å². The number of hydrogen-bond donors (Lipinski definition) is 0. The highest BCUT2D eigenvalue weighted by molar-refractivity contribution is 7.99. The van der Waals surface area contributed by atoms with Gasteiger partial charge in [0, 0.05) is 10.8 Å². The van der Waals surface area contributed by atoms with Crippen LogP contribution in [0.25, 0.3) is 16.6 Å². The summed E-state index contributed by atoms with van der Waals surface area (Å²) in [5, 5.41) is 1.40. The average Bonchev–Trinajstić information content (AvgIpc) is 2.77. The molecule has 0 saturated heterocycles. The fourth-order valence-corrected chi connectivity index (χ4v) is 4.43. The van der Waals surface area contributed by atoms with Gasteiger partial charge in [-0.15, -0.1) is 0 Å². The fourth-order valence-electron chi connectivity index (χ4n) is 3.14. The van der Waals surface area contributed by atoms with Crippen LogP contribution < -0.4 is 10.3 Å². The van der Waals surface area contributed by atoms with E-state index in [1.165, 1.54) is 28.5 Å². The Bertz CT molecular complexity index is 1380. The summed E-state index contributed by atoms with van der Waals surface area (Å²) in [6, 6.07) is 16.1. The van der Waals surface area contributed by atoms with Gasteiger partial charge in [0.05, 0.1) is 33.8 Å². The average molecular weight is 511 g/mol. The van der Waals surface area contributed by atoms with Crippen molar-refractivity contribution < 1.29 is 17.9 Å². The highest BCUT2D eigenvalue weighted by atomic mass is 35.5. The van der Waals surface area contributed by atoms with Crippen molar-refractivity contribution >= 4 is 45.9 Å². The third-order valence-electron chi connectivity index (χ3n) is 4.64. The van der Waals surface area contributed by atoms with Gasteiger partial charge >= 0.3 is 6.18 Å². The summed E-state index contributed by atoms with van der Waals surface area (Å²) >= 11 is 13.2. The maximum atomic E-state index is 13.3. The lowest BCUT2D eigenvalue weighted by Gasteiger charge is -2.15. The van der Waals surface area contributed by atoms with Crippen molar-refractivity contribution in [3.05, 3.63) is 92.7 Å². The van der Waals surface area contributed by atoms with Crippen LogP contribution in [0, 0.1) is 0 Å². The first kappa shape index (κ1) is 23.5. The van der Waals surface area contributed by atoms with Crippen molar-refractivity contribution in [3.63, 3.8) is 0 Å². The second kappa shape index (κ2) is 9.67. The van der Waals surface area contributed by atoms with Gasteiger partial charge in [0.15, 0.2) is 5.16 Å². The number of nitrogens with zero attached hydrogens (tertiary/aromatic N) is 2. The number of aromatic nitrogens is 2. The monoisotopic (exact) mass is 510 g/mol. The molecule has 170 valence electrons. The molecular weight excluding hydrogens is 496 g/mol. The Morgan fingerprint density at radius 3 is 2.55 bits per heavy atom. The van der Waals surface area contributed by atoms with Gasteiger partial charge in [-0.1, -0.05) is 53.2 Å². The van der Waals surface area contributed by atoms with E-state index in [2.05, 4.69) is 4.98 Å². The van der Waals surface area contributed by atoms with Gasteiger partial charge in [-0.25, -0.2) is 4.98 Å². The molecule has 0 amide bonds. The summed E-state index contributed by atoms with van der Waals surface area (Å²) in [4.78, 5) is 17.7. The molecule has 4 nitrogen and oxygen atoms in total. The summed E-state index contributed by atoms with van der Waals surface area (Å²) in [5.74, 6) is 0.811. The molecule has 4 rings (SSSR count). The molecule has 0 N–H and O–H groups in total. The van der Waals surface area contributed by atoms with E-state index in [1.807, 2.05) is 0 Å². The summed E-state index contributed by atoms with van der Waals surface area (Å²) in [6.45, 7) is 0.220. The van der Waals surface area contributed by atoms with Crippen molar-refractivity contribution in [2.45, 2.75) is 11.3 Å². The van der Waals surface area contributed by atoms with E-state index in [0.717, 1.165) is 12.1 Å². The van der Waals surface area contributed by atoms with Crippen molar-refractivity contribution in [2.75, 3.05) is 12.4 Å². The molecule has 0 fully saturated rings. The van der Waals surface area contributed by atoms with Crippen molar-refractivity contribution in [2.24, 2.45) is 0 Å². The third-order valence-corrected chi connectivity index (χ3v) is 6.08. The molecule has 0 unspecified atom stereocenters. The van der Waals surface area contributed by atoms with Crippen LogP contribution in [0.1, 0.15) is 5.56 Å². The predicted octanol–water partition coefficient (Wildman–Crippen LogP) is 6.88. The van der Waals surface area contributed by atoms with Crippen LogP contribution in [0.2, 0.25) is 10.0 Å². The van der Waals surface area contributed by atoms with Crippen LogP contribution >= 0.6 is 35.0 Å². The van der Waals surface area contributed by atoms with E-state index >= 15 is 0 Å². The zero-order valence-corrected chi connectivity index (χ0v) is 19.1. The molecule has 1 aromatic heterocycles. The number of ether oxygens (including phenoxy) is 1. The Morgan fingerprint density at radius 2 is 1.79 bits per heavy atom.